The normalized spacial score (nSPS) is 19.7. The topological polar surface area (TPSA) is 46.2 Å². The zero-order valence-corrected chi connectivity index (χ0v) is 11.3. The molecule has 0 aliphatic heterocycles. The van der Waals surface area contributed by atoms with Gasteiger partial charge in [0.1, 0.15) is 0 Å². The first-order valence-corrected chi connectivity index (χ1v) is 7.78. The van der Waals surface area contributed by atoms with E-state index < -0.39 is 9.84 Å². The summed E-state index contributed by atoms with van der Waals surface area (Å²) in [5, 5.41) is 3.34. The van der Waals surface area contributed by atoms with Crippen molar-refractivity contribution in [2.75, 3.05) is 11.6 Å². The number of hydrogen-bond acceptors (Lipinski definition) is 3. The van der Waals surface area contributed by atoms with E-state index >= 15 is 0 Å². The highest BCUT2D eigenvalue weighted by molar-refractivity contribution is 7.90. The molecule has 0 bridgehead atoms. The maximum Gasteiger partial charge on any atom is 0.177 e. The average molecular weight is 253 g/mol. The van der Waals surface area contributed by atoms with Crippen LogP contribution in [-0.4, -0.2) is 20.7 Å². The van der Waals surface area contributed by atoms with Gasteiger partial charge in [-0.1, -0.05) is 19.1 Å². The molecule has 1 aromatic rings. The van der Waals surface area contributed by atoms with Crippen molar-refractivity contribution in [3.8, 4) is 0 Å². The van der Waals surface area contributed by atoms with Crippen LogP contribution in [0.2, 0.25) is 0 Å². The minimum absolute atomic E-state index is 0.297. The molecule has 0 saturated heterocycles. The lowest BCUT2D eigenvalue weighted by atomic mass is 10.0. The van der Waals surface area contributed by atoms with Crippen molar-refractivity contribution in [1.82, 2.24) is 0 Å². The fraction of sp³-hybridized carbons (Fsp3) is 0.538. The van der Waals surface area contributed by atoms with Crippen LogP contribution in [0.4, 0.5) is 5.69 Å². The Bertz CT molecular complexity index is 518. The van der Waals surface area contributed by atoms with Gasteiger partial charge in [0.15, 0.2) is 9.84 Å². The van der Waals surface area contributed by atoms with Crippen LogP contribution in [0, 0.1) is 5.41 Å². The molecule has 1 saturated carbocycles. The Hall–Kier alpha value is -1.03. The summed E-state index contributed by atoms with van der Waals surface area (Å²) in [6.07, 6.45) is 3.67. The number of anilines is 1. The molecule has 0 spiro atoms. The Morgan fingerprint density at radius 3 is 2.41 bits per heavy atom. The predicted molar refractivity (Wildman–Crippen MR) is 70.0 cm³/mol. The smallest absolute Gasteiger partial charge is 0.177 e. The molecule has 1 fully saturated rings. The van der Waals surface area contributed by atoms with E-state index in [9.17, 15) is 8.42 Å². The molecule has 4 heteroatoms. The van der Waals surface area contributed by atoms with E-state index in [0.29, 0.717) is 16.4 Å². The molecule has 0 heterocycles. The molecule has 1 aliphatic rings. The van der Waals surface area contributed by atoms with Gasteiger partial charge in [-0.05, 0) is 37.3 Å². The van der Waals surface area contributed by atoms with Gasteiger partial charge in [-0.2, -0.15) is 0 Å². The van der Waals surface area contributed by atoms with Crippen LogP contribution in [0.15, 0.2) is 29.2 Å². The highest BCUT2D eigenvalue weighted by atomic mass is 32.2. The predicted octanol–water partition coefficient (Wildman–Crippen LogP) is 2.69. The van der Waals surface area contributed by atoms with Crippen LogP contribution in [0.3, 0.4) is 0 Å². The quantitative estimate of drug-likeness (QED) is 0.897. The van der Waals surface area contributed by atoms with Crippen molar-refractivity contribution < 1.29 is 8.42 Å². The molecule has 17 heavy (non-hydrogen) atoms. The monoisotopic (exact) mass is 253 g/mol. The van der Waals surface area contributed by atoms with Crippen molar-refractivity contribution in [3.63, 3.8) is 0 Å². The summed E-state index contributed by atoms with van der Waals surface area (Å²) in [4.78, 5) is 0.385. The maximum atomic E-state index is 11.7. The van der Waals surface area contributed by atoms with Gasteiger partial charge in [0.25, 0.3) is 0 Å². The van der Waals surface area contributed by atoms with Crippen molar-refractivity contribution in [3.05, 3.63) is 24.3 Å². The second-order valence-corrected chi connectivity index (χ2v) is 7.27. The van der Waals surface area contributed by atoms with Gasteiger partial charge in [0.2, 0.25) is 0 Å². The summed E-state index contributed by atoms with van der Waals surface area (Å²) in [5.74, 6) is 0. The van der Waals surface area contributed by atoms with Crippen LogP contribution in [-0.2, 0) is 9.84 Å². The van der Waals surface area contributed by atoms with E-state index in [1.54, 1.807) is 12.1 Å². The first-order valence-electron chi connectivity index (χ1n) is 5.88. The lowest BCUT2D eigenvalue weighted by Crippen LogP contribution is -2.25. The molecule has 0 amide bonds. The van der Waals surface area contributed by atoms with Gasteiger partial charge < -0.3 is 5.32 Å². The molecule has 1 atom stereocenters. The van der Waals surface area contributed by atoms with Crippen LogP contribution >= 0.6 is 0 Å². The molecule has 0 aromatic heterocycles. The second kappa shape index (κ2) is 4.02. The van der Waals surface area contributed by atoms with Gasteiger partial charge in [0, 0.05) is 12.3 Å². The van der Waals surface area contributed by atoms with Gasteiger partial charge in [-0.15, -0.1) is 0 Å². The minimum Gasteiger partial charge on any atom is -0.381 e. The van der Waals surface area contributed by atoms with Crippen LogP contribution in [0.1, 0.15) is 26.7 Å². The summed E-state index contributed by atoms with van der Waals surface area (Å²) >= 11 is 0. The van der Waals surface area contributed by atoms with Crippen LogP contribution in [0.5, 0.6) is 0 Å². The highest BCUT2D eigenvalue weighted by Crippen LogP contribution is 2.49. The van der Waals surface area contributed by atoms with Gasteiger partial charge >= 0.3 is 0 Å². The Kier molecular flexibility index (Phi) is 2.94. The molecule has 1 N–H and O–H groups in total. The molecule has 1 aliphatic carbocycles. The largest absolute Gasteiger partial charge is 0.381 e. The Balaban J connectivity index is 2.27. The SMILES string of the molecule is CC(Nc1ccccc1S(C)(=O)=O)C1(C)CC1. The third-order valence-electron chi connectivity index (χ3n) is 3.74. The zero-order valence-electron chi connectivity index (χ0n) is 10.5. The highest BCUT2D eigenvalue weighted by Gasteiger charge is 2.42. The van der Waals surface area contributed by atoms with Crippen molar-refractivity contribution >= 4 is 15.5 Å². The number of rotatable bonds is 4. The second-order valence-electron chi connectivity index (χ2n) is 5.29. The standard InChI is InChI=1S/C13H19NO2S/c1-10(13(2)8-9-13)14-11-6-4-5-7-12(11)17(3,15)16/h4-7,10,14H,8-9H2,1-3H3. The van der Waals surface area contributed by atoms with Crippen molar-refractivity contribution in [1.29, 1.82) is 0 Å². The van der Waals surface area contributed by atoms with E-state index in [2.05, 4.69) is 19.2 Å². The number of sulfone groups is 1. The first kappa shape index (κ1) is 12.4. The Labute approximate surface area is 103 Å². The van der Waals surface area contributed by atoms with E-state index in [1.165, 1.54) is 19.1 Å². The summed E-state index contributed by atoms with van der Waals surface area (Å²) in [5.41, 5.74) is 1.04. The van der Waals surface area contributed by atoms with E-state index in [4.69, 9.17) is 0 Å². The van der Waals surface area contributed by atoms with Crippen LogP contribution in [0.25, 0.3) is 0 Å². The lowest BCUT2D eigenvalue weighted by molar-refractivity contribution is 0.492. The maximum absolute atomic E-state index is 11.7. The van der Waals surface area contributed by atoms with E-state index in [1.807, 2.05) is 12.1 Å². The summed E-state index contributed by atoms with van der Waals surface area (Å²) < 4.78 is 23.3. The molecule has 1 unspecified atom stereocenters. The first-order chi connectivity index (χ1) is 7.83. The molecule has 94 valence electrons. The molecule has 2 rings (SSSR count). The number of para-hydroxylation sites is 1. The third kappa shape index (κ3) is 2.63. The molecular formula is C13H19NO2S. The molecular weight excluding hydrogens is 234 g/mol. The minimum atomic E-state index is -3.17. The lowest BCUT2D eigenvalue weighted by Gasteiger charge is -2.22. The van der Waals surface area contributed by atoms with E-state index in [-0.39, 0.29) is 0 Å². The number of benzene rings is 1. The Morgan fingerprint density at radius 2 is 1.88 bits per heavy atom. The summed E-state index contributed by atoms with van der Waals surface area (Å²) in [6, 6.07) is 7.40. The summed E-state index contributed by atoms with van der Waals surface area (Å²) in [7, 11) is -3.17. The number of nitrogens with one attached hydrogen (secondary N) is 1. The average Bonchev–Trinajstić information content (AvgIpc) is 2.97. The van der Waals surface area contributed by atoms with Crippen molar-refractivity contribution in [2.24, 2.45) is 5.41 Å². The van der Waals surface area contributed by atoms with Gasteiger partial charge in [-0.3, -0.25) is 0 Å². The van der Waals surface area contributed by atoms with E-state index in [0.717, 1.165) is 5.69 Å². The third-order valence-corrected chi connectivity index (χ3v) is 4.90. The Morgan fingerprint density at radius 1 is 1.29 bits per heavy atom. The zero-order chi connectivity index (χ0) is 12.7. The molecule has 0 radical (unpaired) electrons. The molecule has 3 nitrogen and oxygen atoms in total. The van der Waals surface area contributed by atoms with Gasteiger partial charge in [-0.25, -0.2) is 8.42 Å². The van der Waals surface area contributed by atoms with Crippen molar-refractivity contribution in [2.45, 2.75) is 37.6 Å². The fourth-order valence-electron chi connectivity index (χ4n) is 1.95. The van der Waals surface area contributed by atoms with Crippen LogP contribution < -0.4 is 5.32 Å². The molecule has 1 aromatic carbocycles. The number of hydrogen-bond donors (Lipinski definition) is 1. The fourth-order valence-corrected chi connectivity index (χ4v) is 2.80. The summed E-state index contributed by atoms with van der Waals surface area (Å²) in [6.45, 7) is 4.35. The van der Waals surface area contributed by atoms with Gasteiger partial charge in [0.05, 0.1) is 10.6 Å².